The number of aromatic nitrogens is 3. The van der Waals surface area contributed by atoms with Crippen LogP contribution >= 0.6 is 0 Å². The normalized spacial score (nSPS) is 18.9. The van der Waals surface area contributed by atoms with Crippen molar-refractivity contribution in [1.29, 1.82) is 0 Å². The summed E-state index contributed by atoms with van der Waals surface area (Å²) in [6, 6.07) is 3.73. The number of pyridine rings is 1. The van der Waals surface area contributed by atoms with Crippen LogP contribution in [0.4, 0.5) is 5.82 Å². The molecule has 3 N–H and O–H groups in total. The number of amides is 2. The number of H-pyrrole nitrogens is 1. The first-order valence-corrected chi connectivity index (χ1v) is 8.09. The number of rotatable bonds is 6. The molecule has 0 aliphatic heterocycles. The Hall–Kier alpha value is -2.70. The molecule has 0 spiro atoms. The number of nitrogens with zero attached hydrogens (tertiary/aromatic N) is 2. The van der Waals surface area contributed by atoms with Gasteiger partial charge in [-0.15, -0.1) is 0 Å². The van der Waals surface area contributed by atoms with Gasteiger partial charge in [0.2, 0.25) is 11.8 Å². The minimum Gasteiger partial charge on any atom is -0.355 e. The second kappa shape index (κ2) is 6.82. The van der Waals surface area contributed by atoms with Crippen LogP contribution < -0.4 is 10.6 Å². The Balaban J connectivity index is 1.51. The summed E-state index contributed by atoms with van der Waals surface area (Å²) in [5, 5.41) is 12.7. The van der Waals surface area contributed by atoms with Crippen LogP contribution in [-0.2, 0) is 9.59 Å². The number of nitrogens with one attached hydrogen (secondary N) is 3. The van der Waals surface area contributed by atoms with E-state index in [0.717, 1.165) is 23.2 Å². The van der Waals surface area contributed by atoms with Gasteiger partial charge in [-0.3, -0.25) is 19.7 Å². The van der Waals surface area contributed by atoms with Crippen molar-refractivity contribution >= 4 is 17.6 Å². The Morgan fingerprint density at radius 2 is 2.04 bits per heavy atom. The molecule has 0 aromatic carbocycles. The zero-order valence-electron chi connectivity index (χ0n) is 13.8. The minimum absolute atomic E-state index is 0.0491. The Morgan fingerprint density at radius 1 is 1.33 bits per heavy atom. The Bertz CT molecular complexity index is 741. The summed E-state index contributed by atoms with van der Waals surface area (Å²) in [5.41, 5.74) is 2.58. The van der Waals surface area contributed by atoms with E-state index in [4.69, 9.17) is 0 Å². The third kappa shape index (κ3) is 3.61. The van der Waals surface area contributed by atoms with Crippen LogP contribution in [0.1, 0.15) is 25.3 Å². The van der Waals surface area contributed by atoms with Crippen molar-refractivity contribution in [3.8, 4) is 11.3 Å². The van der Waals surface area contributed by atoms with Crippen LogP contribution in [0.15, 0.2) is 24.5 Å². The van der Waals surface area contributed by atoms with Gasteiger partial charge in [0.1, 0.15) is 5.82 Å². The molecule has 24 heavy (non-hydrogen) atoms. The fourth-order valence-electron chi connectivity index (χ4n) is 2.63. The molecule has 0 bridgehead atoms. The SMILES string of the molecule is Cc1c(-c2ccncc2)n[nH]c1NC(=O)CCNC(=O)C1CC1C. The summed E-state index contributed by atoms with van der Waals surface area (Å²) in [5.74, 6) is 1.07. The van der Waals surface area contributed by atoms with Crippen LogP contribution in [0.2, 0.25) is 0 Å². The van der Waals surface area contributed by atoms with E-state index in [1.807, 2.05) is 19.1 Å². The summed E-state index contributed by atoms with van der Waals surface area (Å²) < 4.78 is 0. The summed E-state index contributed by atoms with van der Waals surface area (Å²) in [7, 11) is 0. The molecule has 1 fully saturated rings. The standard InChI is InChI=1S/C17H21N5O2/c1-10-9-13(10)17(24)19-8-5-14(23)20-16-11(2)15(21-22-16)12-3-6-18-7-4-12/h3-4,6-7,10,13H,5,8-9H2,1-2H3,(H,19,24)(H2,20,21,22,23). The Morgan fingerprint density at radius 3 is 2.71 bits per heavy atom. The van der Waals surface area contributed by atoms with Gasteiger partial charge < -0.3 is 10.6 Å². The van der Waals surface area contributed by atoms with E-state index >= 15 is 0 Å². The van der Waals surface area contributed by atoms with E-state index in [1.54, 1.807) is 12.4 Å². The molecule has 1 aliphatic rings. The predicted molar refractivity (Wildman–Crippen MR) is 90.1 cm³/mol. The van der Waals surface area contributed by atoms with Crippen molar-refractivity contribution in [2.75, 3.05) is 11.9 Å². The second-order valence-electron chi connectivity index (χ2n) is 6.22. The van der Waals surface area contributed by atoms with Crippen LogP contribution in [0.25, 0.3) is 11.3 Å². The highest BCUT2D eigenvalue weighted by molar-refractivity contribution is 5.92. The van der Waals surface area contributed by atoms with E-state index in [1.165, 1.54) is 0 Å². The Kier molecular flexibility index (Phi) is 4.59. The van der Waals surface area contributed by atoms with Crippen LogP contribution in [-0.4, -0.2) is 33.5 Å². The molecule has 7 heteroatoms. The van der Waals surface area contributed by atoms with E-state index in [0.29, 0.717) is 18.3 Å². The molecule has 2 unspecified atom stereocenters. The number of carbonyl (C=O) groups is 2. The van der Waals surface area contributed by atoms with Gasteiger partial charge in [-0.2, -0.15) is 5.10 Å². The lowest BCUT2D eigenvalue weighted by molar-refractivity contribution is -0.122. The third-order valence-electron chi connectivity index (χ3n) is 4.33. The molecule has 0 radical (unpaired) electrons. The first-order chi connectivity index (χ1) is 11.6. The van der Waals surface area contributed by atoms with E-state index in [2.05, 4.69) is 32.7 Å². The molecular weight excluding hydrogens is 306 g/mol. The molecular formula is C17H21N5O2. The Labute approximate surface area is 140 Å². The van der Waals surface area contributed by atoms with Gasteiger partial charge in [0.15, 0.2) is 0 Å². The number of hydrogen-bond donors (Lipinski definition) is 3. The van der Waals surface area contributed by atoms with Crippen molar-refractivity contribution in [3.63, 3.8) is 0 Å². The molecule has 1 aliphatic carbocycles. The van der Waals surface area contributed by atoms with E-state index < -0.39 is 0 Å². The summed E-state index contributed by atoms with van der Waals surface area (Å²) >= 11 is 0. The molecule has 126 valence electrons. The minimum atomic E-state index is -0.160. The van der Waals surface area contributed by atoms with Gasteiger partial charge in [-0.05, 0) is 31.4 Å². The number of aromatic amines is 1. The van der Waals surface area contributed by atoms with E-state index in [9.17, 15) is 9.59 Å². The van der Waals surface area contributed by atoms with Gasteiger partial charge in [-0.1, -0.05) is 6.92 Å². The monoisotopic (exact) mass is 327 g/mol. The first-order valence-electron chi connectivity index (χ1n) is 8.09. The molecule has 2 atom stereocenters. The largest absolute Gasteiger partial charge is 0.355 e. The smallest absolute Gasteiger partial charge is 0.227 e. The van der Waals surface area contributed by atoms with Gasteiger partial charge in [0, 0.05) is 42.4 Å². The quantitative estimate of drug-likeness (QED) is 0.754. The lowest BCUT2D eigenvalue weighted by Gasteiger charge is -2.06. The van der Waals surface area contributed by atoms with Crippen molar-refractivity contribution in [2.24, 2.45) is 11.8 Å². The van der Waals surface area contributed by atoms with Crippen molar-refractivity contribution in [1.82, 2.24) is 20.5 Å². The topological polar surface area (TPSA) is 99.8 Å². The maximum atomic E-state index is 12.0. The fraction of sp³-hybridized carbons (Fsp3) is 0.412. The molecule has 3 rings (SSSR count). The zero-order valence-corrected chi connectivity index (χ0v) is 13.8. The molecule has 0 saturated heterocycles. The molecule has 7 nitrogen and oxygen atoms in total. The van der Waals surface area contributed by atoms with Crippen LogP contribution in [0.5, 0.6) is 0 Å². The maximum Gasteiger partial charge on any atom is 0.227 e. The average Bonchev–Trinajstić information content (AvgIpc) is 3.21. The average molecular weight is 327 g/mol. The number of carbonyl (C=O) groups excluding carboxylic acids is 2. The first kappa shape index (κ1) is 16.2. The molecule has 1 saturated carbocycles. The maximum absolute atomic E-state index is 12.0. The van der Waals surface area contributed by atoms with Gasteiger partial charge in [0.25, 0.3) is 0 Å². The third-order valence-corrected chi connectivity index (χ3v) is 4.33. The van der Waals surface area contributed by atoms with Crippen LogP contribution in [0, 0.1) is 18.8 Å². The van der Waals surface area contributed by atoms with Crippen molar-refractivity contribution < 1.29 is 9.59 Å². The molecule has 2 aromatic rings. The molecule has 2 aromatic heterocycles. The van der Waals surface area contributed by atoms with Crippen LogP contribution in [0.3, 0.4) is 0 Å². The van der Waals surface area contributed by atoms with Gasteiger partial charge in [-0.25, -0.2) is 0 Å². The number of hydrogen-bond acceptors (Lipinski definition) is 4. The van der Waals surface area contributed by atoms with E-state index in [-0.39, 0.29) is 24.2 Å². The van der Waals surface area contributed by atoms with Crippen molar-refractivity contribution in [2.45, 2.75) is 26.7 Å². The van der Waals surface area contributed by atoms with Crippen molar-refractivity contribution in [3.05, 3.63) is 30.1 Å². The highest BCUT2D eigenvalue weighted by Crippen LogP contribution is 2.37. The summed E-state index contributed by atoms with van der Waals surface area (Å²) in [6.45, 7) is 4.29. The summed E-state index contributed by atoms with van der Waals surface area (Å²) in [4.78, 5) is 27.7. The van der Waals surface area contributed by atoms with Gasteiger partial charge >= 0.3 is 0 Å². The lowest BCUT2D eigenvalue weighted by atomic mass is 10.1. The number of anilines is 1. The summed E-state index contributed by atoms with van der Waals surface area (Å²) in [6.07, 6.45) is 4.58. The predicted octanol–water partition coefficient (Wildman–Crippen LogP) is 1.88. The highest BCUT2D eigenvalue weighted by Gasteiger charge is 2.38. The van der Waals surface area contributed by atoms with Gasteiger partial charge in [0.05, 0.1) is 5.69 Å². The molecule has 2 amide bonds. The zero-order chi connectivity index (χ0) is 17.1. The second-order valence-corrected chi connectivity index (χ2v) is 6.22. The fourth-order valence-corrected chi connectivity index (χ4v) is 2.63. The lowest BCUT2D eigenvalue weighted by Crippen LogP contribution is -2.29. The molecule has 2 heterocycles. The highest BCUT2D eigenvalue weighted by atomic mass is 16.2.